The lowest BCUT2D eigenvalue weighted by atomic mass is 10.1. The maximum atomic E-state index is 11.9. The molecule has 2 N–H and O–H groups in total. The van der Waals surface area contributed by atoms with E-state index in [2.05, 4.69) is 5.32 Å². The number of sulfone groups is 1. The molecule has 108 valence electrons. The minimum absolute atomic E-state index is 0.00865. The zero-order valence-corrected chi connectivity index (χ0v) is 11.9. The Labute approximate surface area is 120 Å². The Morgan fingerprint density at radius 2 is 2.05 bits per heavy atom. The normalized spacial score (nSPS) is 20.6. The number of aromatic carboxylic acids is 1. The fourth-order valence-corrected chi connectivity index (χ4v) is 4.02. The number of rotatable bonds is 3. The summed E-state index contributed by atoms with van der Waals surface area (Å²) < 4.78 is 22.6. The molecule has 1 saturated heterocycles. The standard InChI is InChI=1S/C12H12ClNO5S/c13-10-5-8(1-2-9(10)12(16)17)14-11(15)7-3-4-20(18,19)6-7/h1-2,5,7H,3-4,6H2,(H,14,15)(H,16,17). The molecule has 1 amide bonds. The minimum Gasteiger partial charge on any atom is -0.478 e. The van der Waals surface area contributed by atoms with Crippen molar-refractivity contribution in [2.24, 2.45) is 5.92 Å². The highest BCUT2D eigenvalue weighted by Crippen LogP contribution is 2.24. The fourth-order valence-electron chi connectivity index (χ4n) is 2.01. The second-order valence-electron chi connectivity index (χ2n) is 4.59. The van der Waals surface area contributed by atoms with Gasteiger partial charge in [-0.3, -0.25) is 4.79 Å². The van der Waals surface area contributed by atoms with Gasteiger partial charge in [-0.05, 0) is 24.6 Å². The Bertz CT molecular complexity index is 670. The quantitative estimate of drug-likeness (QED) is 0.878. The van der Waals surface area contributed by atoms with Gasteiger partial charge >= 0.3 is 5.97 Å². The smallest absolute Gasteiger partial charge is 0.337 e. The largest absolute Gasteiger partial charge is 0.478 e. The molecule has 1 fully saturated rings. The number of hydrogen-bond acceptors (Lipinski definition) is 4. The average Bonchev–Trinajstić information content (AvgIpc) is 2.69. The van der Waals surface area contributed by atoms with Gasteiger partial charge in [0.25, 0.3) is 0 Å². The minimum atomic E-state index is -3.12. The first-order chi connectivity index (χ1) is 9.28. The predicted octanol–water partition coefficient (Wildman–Crippen LogP) is 1.41. The number of hydrogen-bond donors (Lipinski definition) is 2. The molecule has 0 spiro atoms. The van der Waals surface area contributed by atoms with Gasteiger partial charge in [0.15, 0.2) is 9.84 Å². The van der Waals surface area contributed by atoms with Crippen LogP contribution in [0.25, 0.3) is 0 Å². The third kappa shape index (κ3) is 3.29. The molecular weight excluding hydrogens is 306 g/mol. The third-order valence-corrected chi connectivity index (χ3v) is 5.15. The molecule has 6 nitrogen and oxygen atoms in total. The number of carboxylic acid groups (broad SMARTS) is 1. The van der Waals surface area contributed by atoms with Gasteiger partial charge in [0.2, 0.25) is 5.91 Å². The Hall–Kier alpha value is -1.60. The van der Waals surface area contributed by atoms with Crippen LogP contribution >= 0.6 is 11.6 Å². The highest BCUT2D eigenvalue weighted by molar-refractivity contribution is 7.91. The lowest BCUT2D eigenvalue weighted by Crippen LogP contribution is -2.23. The summed E-state index contributed by atoms with van der Waals surface area (Å²) in [6, 6.07) is 4.02. The number of benzene rings is 1. The molecule has 0 aromatic heterocycles. The molecule has 1 atom stereocenters. The molecule has 8 heteroatoms. The molecule has 0 bridgehead atoms. The summed E-state index contributed by atoms with van der Waals surface area (Å²) in [7, 11) is -3.12. The fraction of sp³-hybridized carbons (Fsp3) is 0.333. The number of carboxylic acids is 1. The van der Waals surface area contributed by atoms with Crippen molar-refractivity contribution in [1.29, 1.82) is 0 Å². The van der Waals surface area contributed by atoms with Crippen LogP contribution in [0.4, 0.5) is 5.69 Å². The molecule has 1 heterocycles. The number of carbonyl (C=O) groups excluding carboxylic acids is 1. The SMILES string of the molecule is O=C(O)c1ccc(NC(=O)C2CCS(=O)(=O)C2)cc1Cl. The van der Waals surface area contributed by atoms with Crippen LogP contribution < -0.4 is 5.32 Å². The molecule has 0 saturated carbocycles. The van der Waals surface area contributed by atoms with Gasteiger partial charge in [-0.15, -0.1) is 0 Å². The van der Waals surface area contributed by atoms with Crippen molar-refractivity contribution in [3.63, 3.8) is 0 Å². The number of carbonyl (C=O) groups is 2. The highest BCUT2D eigenvalue weighted by Gasteiger charge is 2.32. The van der Waals surface area contributed by atoms with E-state index in [-0.39, 0.29) is 22.1 Å². The van der Waals surface area contributed by atoms with Crippen molar-refractivity contribution in [3.8, 4) is 0 Å². The highest BCUT2D eigenvalue weighted by atomic mass is 35.5. The number of halogens is 1. The van der Waals surface area contributed by atoms with E-state index in [1.165, 1.54) is 18.2 Å². The maximum Gasteiger partial charge on any atom is 0.337 e. The van der Waals surface area contributed by atoms with Crippen molar-refractivity contribution in [2.75, 3.05) is 16.8 Å². The van der Waals surface area contributed by atoms with Crippen molar-refractivity contribution in [1.82, 2.24) is 0 Å². The summed E-state index contributed by atoms with van der Waals surface area (Å²) in [6.07, 6.45) is 0.301. The number of anilines is 1. The Morgan fingerprint density at radius 3 is 2.55 bits per heavy atom. The van der Waals surface area contributed by atoms with Crippen LogP contribution in [-0.4, -0.2) is 36.9 Å². The van der Waals surface area contributed by atoms with Crippen LogP contribution in [0, 0.1) is 5.92 Å². The lowest BCUT2D eigenvalue weighted by Gasteiger charge is -2.10. The number of amides is 1. The van der Waals surface area contributed by atoms with Gasteiger partial charge in [0.1, 0.15) is 0 Å². The molecule has 1 aliphatic heterocycles. The molecule has 20 heavy (non-hydrogen) atoms. The molecule has 1 aromatic rings. The van der Waals surface area contributed by atoms with Crippen molar-refractivity contribution in [3.05, 3.63) is 28.8 Å². The summed E-state index contributed by atoms with van der Waals surface area (Å²) in [5.41, 5.74) is 0.280. The lowest BCUT2D eigenvalue weighted by molar-refractivity contribution is -0.119. The van der Waals surface area contributed by atoms with Gasteiger partial charge in [0, 0.05) is 5.69 Å². The predicted molar refractivity (Wildman–Crippen MR) is 73.8 cm³/mol. The molecule has 1 aromatic carbocycles. The summed E-state index contributed by atoms with van der Waals surface area (Å²) in [6.45, 7) is 0. The van der Waals surface area contributed by atoms with E-state index in [9.17, 15) is 18.0 Å². The molecule has 1 unspecified atom stereocenters. The van der Waals surface area contributed by atoms with Gasteiger partial charge in [-0.1, -0.05) is 11.6 Å². The van der Waals surface area contributed by atoms with E-state index in [0.717, 1.165) is 0 Å². The first-order valence-corrected chi connectivity index (χ1v) is 8.02. The second-order valence-corrected chi connectivity index (χ2v) is 7.22. The Kier molecular flexibility index (Phi) is 4.01. The van der Waals surface area contributed by atoms with E-state index in [1.54, 1.807) is 0 Å². The first-order valence-electron chi connectivity index (χ1n) is 5.82. The molecular formula is C12H12ClNO5S. The van der Waals surface area contributed by atoms with Gasteiger partial charge in [0.05, 0.1) is 28.0 Å². The van der Waals surface area contributed by atoms with Crippen LogP contribution in [0.1, 0.15) is 16.8 Å². The van der Waals surface area contributed by atoms with Crippen LogP contribution in [0.3, 0.4) is 0 Å². The Morgan fingerprint density at radius 1 is 1.35 bits per heavy atom. The summed E-state index contributed by atoms with van der Waals surface area (Å²) in [4.78, 5) is 22.7. The van der Waals surface area contributed by atoms with Crippen LogP contribution in [0.5, 0.6) is 0 Å². The maximum absolute atomic E-state index is 11.9. The zero-order valence-electron chi connectivity index (χ0n) is 10.3. The Balaban J connectivity index is 2.09. The van der Waals surface area contributed by atoms with Gasteiger partial charge < -0.3 is 10.4 Å². The molecule has 0 aliphatic carbocycles. The third-order valence-electron chi connectivity index (χ3n) is 3.07. The van der Waals surface area contributed by atoms with Crippen LogP contribution in [-0.2, 0) is 14.6 Å². The van der Waals surface area contributed by atoms with Gasteiger partial charge in [-0.25, -0.2) is 13.2 Å². The summed E-state index contributed by atoms with van der Waals surface area (Å²) >= 11 is 5.78. The summed E-state index contributed by atoms with van der Waals surface area (Å²) in [5, 5.41) is 11.4. The van der Waals surface area contributed by atoms with Crippen molar-refractivity contribution in [2.45, 2.75) is 6.42 Å². The first kappa shape index (κ1) is 14.8. The topological polar surface area (TPSA) is 101 Å². The molecule has 0 radical (unpaired) electrons. The second kappa shape index (κ2) is 5.41. The van der Waals surface area contributed by atoms with Crippen LogP contribution in [0.15, 0.2) is 18.2 Å². The number of nitrogens with one attached hydrogen (secondary N) is 1. The van der Waals surface area contributed by atoms with E-state index >= 15 is 0 Å². The molecule has 1 aliphatic rings. The average molecular weight is 318 g/mol. The van der Waals surface area contributed by atoms with Crippen molar-refractivity contribution >= 4 is 39.0 Å². The van der Waals surface area contributed by atoms with E-state index in [1.807, 2.05) is 0 Å². The van der Waals surface area contributed by atoms with E-state index in [4.69, 9.17) is 16.7 Å². The van der Waals surface area contributed by atoms with E-state index in [0.29, 0.717) is 12.1 Å². The van der Waals surface area contributed by atoms with Gasteiger partial charge in [-0.2, -0.15) is 0 Å². The molecule has 2 rings (SSSR count). The summed E-state index contributed by atoms with van der Waals surface area (Å²) in [5.74, 6) is -2.26. The van der Waals surface area contributed by atoms with Crippen molar-refractivity contribution < 1.29 is 23.1 Å². The zero-order chi connectivity index (χ0) is 14.9. The van der Waals surface area contributed by atoms with E-state index < -0.39 is 27.6 Å². The van der Waals surface area contributed by atoms with Crippen LogP contribution in [0.2, 0.25) is 5.02 Å². The monoisotopic (exact) mass is 317 g/mol.